The summed E-state index contributed by atoms with van der Waals surface area (Å²) in [6.07, 6.45) is 6.50. The molecular weight excluding hydrogens is 182 g/mol. The van der Waals surface area contributed by atoms with E-state index in [0.29, 0.717) is 12.3 Å². The molecule has 0 heterocycles. The van der Waals surface area contributed by atoms with E-state index in [9.17, 15) is 15.2 Å². The van der Waals surface area contributed by atoms with Gasteiger partial charge in [0.15, 0.2) is 0 Å². The van der Waals surface area contributed by atoms with Gasteiger partial charge < -0.3 is 5.11 Å². The number of hydrogen-bond acceptors (Lipinski definition) is 3. The molecule has 0 aromatic heterocycles. The molecule has 1 atom stereocenters. The Hall–Kier alpha value is -0.640. The molecule has 1 rings (SSSR count). The highest BCUT2D eigenvalue weighted by Crippen LogP contribution is 2.30. The fourth-order valence-electron chi connectivity index (χ4n) is 2.36. The zero-order valence-electron chi connectivity index (χ0n) is 8.74. The quantitative estimate of drug-likeness (QED) is 0.558. The van der Waals surface area contributed by atoms with Crippen LogP contribution in [0.2, 0.25) is 0 Å². The molecule has 1 aliphatic carbocycles. The molecule has 1 aliphatic rings. The third-order valence-electron chi connectivity index (χ3n) is 2.92. The van der Waals surface area contributed by atoms with Crippen LogP contribution < -0.4 is 0 Å². The van der Waals surface area contributed by atoms with Gasteiger partial charge in [-0.15, -0.1) is 0 Å². The first-order valence-corrected chi connectivity index (χ1v) is 5.34. The van der Waals surface area contributed by atoms with Gasteiger partial charge in [0.1, 0.15) is 5.60 Å². The summed E-state index contributed by atoms with van der Waals surface area (Å²) in [7, 11) is 0. The van der Waals surface area contributed by atoms with Crippen LogP contribution in [0, 0.1) is 16.0 Å². The summed E-state index contributed by atoms with van der Waals surface area (Å²) in [5, 5.41) is 20.1. The van der Waals surface area contributed by atoms with Gasteiger partial charge in [0, 0.05) is 4.92 Å². The SMILES string of the molecule is C[C@@](O)(CC1CCCCC1)C[N+](=O)[O-]. The van der Waals surface area contributed by atoms with Crippen LogP contribution in [0.25, 0.3) is 0 Å². The first-order chi connectivity index (χ1) is 6.49. The molecule has 0 radical (unpaired) electrons. The lowest BCUT2D eigenvalue weighted by Crippen LogP contribution is -2.36. The number of aliphatic hydroxyl groups is 1. The normalized spacial score (nSPS) is 23.0. The molecule has 14 heavy (non-hydrogen) atoms. The van der Waals surface area contributed by atoms with Gasteiger partial charge in [0.2, 0.25) is 6.54 Å². The van der Waals surface area contributed by atoms with Gasteiger partial charge in [-0.2, -0.15) is 0 Å². The van der Waals surface area contributed by atoms with E-state index >= 15 is 0 Å². The second kappa shape index (κ2) is 4.73. The Morgan fingerprint density at radius 1 is 1.43 bits per heavy atom. The molecule has 4 nitrogen and oxygen atoms in total. The summed E-state index contributed by atoms with van der Waals surface area (Å²) in [5.74, 6) is 0.485. The molecule has 1 N–H and O–H groups in total. The molecular formula is C10H19NO3. The largest absolute Gasteiger partial charge is 0.383 e. The van der Waals surface area contributed by atoms with Crippen molar-refractivity contribution in [2.24, 2.45) is 5.92 Å². The van der Waals surface area contributed by atoms with Crippen molar-refractivity contribution < 1.29 is 10.0 Å². The van der Waals surface area contributed by atoms with E-state index in [1.807, 2.05) is 0 Å². The molecule has 1 saturated carbocycles. The summed E-state index contributed by atoms with van der Waals surface area (Å²) < 4.78 is 0. The highest BCUT2D eigenvalue weighted by molar-refractivity contribution is 4.78. The van der Waals surface area contributed by atoms with Crippen LogP contribution in [0.1, 0.15) is 45.4 Å². The first-order valence-electron chi connectivity index (χ1n) is 5.34. The maximum Gasteiger partial charge on any atom is 0.231 e. The van der Waals surface area contributed by atoms with Gasteiger partial charge in [-0.05, 0) is 19.3 Å². The van der Waals surface area contributed by atoms with Crippen molar-refractivity contribution in [1.82, 2.24) is 0 Å². The highest BCUT2D eigenvalue weighted by atomic mass is 16.6. The van der Waals surface area contributed by atoms with Crippen molar-refractivity contribution in [1.29, 1.82) is 0 Å². The first kappa shape index (κ1) is 11.4. The Bertz CT molecular complexity index is 198. The molecule has 0 spiro atoms. The van der Waals surface area contributed by atoms with E-state index in [4.69, 9.17) is 0 Å². The standard InChI is InChI=1S/C10H19NO3/c1-10(12,8-11(13)14)7-9-5-3-2-4-6-9/h9,12H,2-8H2,1H3/t10-/m1/s1. The van der Waals surface area contributed by atoms with Crippen molar-refractivity contribution >= 4 is 0 Å². The lowest BCUT2D eigenvalue weighted by atomic mass is 9.81. The average molecular weight is 201 g/mol. The van der Waals surface area contributed by atoms with Crippen molar-refractivity contribution in [3.05, 3.63) is 10.1 Å². The third-order valence-corrected chi connectivity index (χ3v) is 2.92. The molecule has 0 unspecified atom stereocenters. The van der Waals surface area contributed by atoms with E-state index in [1.54, 1.807) is 6.92 Å². The topological polar surface area (TPSA) is 63.4 Å². The number of nitrogens with zero attached hydrogens (tertiary/aromatic N) is 1. The van der Waals surface area contributed by atoms with Crippen molar-refractivity contribution in [2.75, 3.05) is 6.54 Å². The van der Waals surface area contributed by atoms with Gasteiger partial charge in [-0.3, -0.25) is 10.1 Å². The summed E-state index contributed by atoms with van der Waals surface area (Å²) >= 11 is 0. The van der Waals surface area contributed by atoms with Crippen molar-refractivity contribution in [3.63, 3.8) is 0 Å². The summed E-state index contributed by atoms with van der Waals surface area (Å²) in [6, 6.07) is 0. The monoisotopic (exact) mass is 201 g/mol. The predicted octanol–water partition coefficient (Wildman–Crippen LogP) is 1.98. The van der Waals surface area contributed by atoms with Crippen molar-refractivity contribution in [2.45, 2.75) is 51.0 Å². The number of rotatable bonds is 4. The van der Waals surface area contributed by atoms with E-state index < -0.39 is 10.5 Å². The predicted molar refractivity (Wildman–Crippen MR) is 53.7 cm³/mol. The lowest BCUT2D eigenvalue weighted by molar-refractivity contribution is -0.500. The second-order valence-corrected chi connectivity index (χ2v) is 4.70. The number of hydrogen-bond donors (Lipinski definition) is 1. The van der Waals surface area contributed by atoms with Crippen LogP contribution in [-0.2, 0) is 0 Å². The van der Waals surface area contributed by atoms with Crippen LogP contribution in [0.5, 0.6) is 0 Å². The Balaban J connectivity index is 2.36. The van der Waals surface area contributed by atoms with Crippen LogP contribution in [0.4, 0.5) is 0 Å². The van der Waals surface area contributed by atoms with Crippen LogP contribution in [-0.4, -0.2) is 22.2 Å². The molecule has 0 amide bonds. The number of nitro groups is 1. The van der Waals surface area contributed by atoms with E-state index in [0.717, 1.165) is 12.8 Å². The minimum Gasteiger partial charge on any atom is -0.383 e. The summed E-state index contributed by atoms with van der Waals surface area (Å²) in [4.78, 5) is 9.87. The zero-order chi connectivity index (χ0) is 10.6. The molecule has 0 saturated heterocycles. The van der Waals surface area contributed by atoms with Gasteiger partial charge in [0.05, 0.1) is 0 Å². The highest BCUT2D eigenvalue weighted by Gasteiger charge is 2.31. The van der Waals surface area contributed by atoms with Gasteiger partial charge in [-0.1, -0.05) is 32.1 Å². The molecule has 0 aromatic rings. The maximum absolute atomic E-state index is 10.3. The smallest absolute Gasteiger partial charge is 0.231 e. The van der Waals surface area contributed by atoms with Gasteiger partial charge in [-0.25, -0.2) is 0 Å². The molecule has 4 heteroatoms. The van der Waals surface area contributed by atoms with Crippen LogP contribution in [0.15, 0.2) is 0 Å². The minimum absolute atomic E-state index is 0.330. The van der Waals surface area contributed by atoms with E-state index in [-0.39, 0.29) is 6.54 Å². The van der Waals surface area contributed by atoms with Crippen LogP contribution in [0.3, 0.4) is 0 Å². The molecule has 0 aromatic carbocycles. The Morgan fingerprint density at radius 3 is 2.50 bits per heavy atom. The van der Waals surface area contributed by atoms with Gasteiger partial charge >= 0.3 is 0 Å². The van der Waals surface area contributed by atoms with E-state index in [2.05, 4.69) is 0 Å². The lowest BCUT2D eigenvalue weighted by Gasteiger charge is -2.27. The third kappa shape index (κ3) is 4.05. The second-order valence-electron chi connectivity index (χ2n) is 4.70. The molecule has 82 valence electrons. The molecule has 0 aliphatic heterocycles. The van der Waals surface area contributed by atoms with Gasteiger partial charge in [0.25, 0.3) is 0 Å². The van der Waals surface area contributed by atoms with Crippen LogP contribution >= 0.6 is 0 Å². The minimum atomic E-state index is -1.12. The Kier molecular flexibility index (Phi) is 3.86. The fraction of sp³-hybridized carbons (Fsp3) is 1.00. The summed E-state index contributed by atoms with van der Waals surface area (Å²) in [5.41, 5.74) is -1.12. The average Bonchev–Trinajstić information content (AvgIpc) is 2.02. The van der Waals surface area contributed by atoms with Crippen molar-refractivity contribution in [3.8, 4) is 0 Å². The fourth-order valence-corrected chi connectivity index (χ4v) is 2.36. The molecule has 0 bridgehead atoms. The summed E-state index contributed by atoms with van der Waals surface area (Å²) in [6.45, 7) is 1.24. The Labute approximate surface area is 84.5 Å². The maximum atomic E-state index is 10.3. The van der Waals surface area contributed by atoms with E-state index in [1.165, 1.54) is 19.3 Å². The molecule has 1 fully saturated rings. The zero-order valence-corrected chi connectivity index (χ0v) is 8.74. The Morgan fingerprint density at radius 2 is 2.00 bits per heavy atom.